The smallest absolute Gasteiger partial charge is 0.313 e. The monoisotopic (exact) mass is 497 g/mol. The molecule has 0 bridgehead atoms. The van der Waals surface area contributed by atoms with Gasteiger partial charge in [-0.3, -0.25) is 4.79 Å². The molecule has 0 radical (unpaired) electrons. The molecule has 152 valence electrons. The van der Waals surface area contributed by atoms with Crippen LogP contribution in [-0.2, 0) is 9.53 Å². The van der Waals surface area contributed by atoms with Crippen LogP contribution in [0.3, 0.4) is 0 Å². The molecule has 0 aliphatic rings. The lowest BCUT2D eigenvalue weighted by Gasteiger charge is -2.14. The molecule has 1 atom stereocenters. The first kappa shape index (κ1) is 24.1. The van der Waals surface area contributed by atoms with Crippen molar-refractivity contribution in [2.45, 2.75) is 12.8 Å². The predicted octanol–water partition coefficient (Wildman–Crippen LogP) is 3.44. The molecule has 3 rings (SSSR count). The van der Waals surface area contributed by atoms with Gasteiger partial charge in [0.15, 0.2) is 0 Å². The van der Waals surface area contributed by atoms with Crippen LogP contribution >= 0.6 is 22.6 Å². The molecule has 0 saturated carbocycles. The Hall–Kier alpha value is -1.97. The van der Waals surface area contributed by atoms with Gasteiger partial charge in [-0.05, 0) is 43.6 Å². The molecule has 2 aromatic heterocycles. The lowest BCUT2D eigenvalue weighted by Crippen LogP contribution is -2.22. The fourth-order valence-electron chi connectivity index (χ4n) is 2.61. The summed E-state index contributed by atoms with van der Waals surface area (Å²) in [6.07, 6.45) is 3.98. The normalized spacial score (nSPS) is 11.4. The number of likely N-dealkylation sites (N-methyl/N-ethyl adjacent to an activating group) is 1. The number of nitrogens with zero attached hydrogens (tertiary/aromatic N) is 3. The maximum atomic E-state index is 12.1. The molecular formula is C21H28IN3O3. The van der Waals surface area contributed by atoms with Crippen molar-refractivity contribution in [3.05, 3.63) is 60.4 Å². The van der Waals surface area contributed by atoms with Crippen molar-refractivity contribution < 1.29 is 15.0 Å². The van der Waals surface area contributed by atoms with Gasteiger partial charge in [0.1, 0.15) is 12.3 Å². The van der Waals surface area contributed by atoms with Crippen LogP contribution < -0.4 is 0 Å². The van der Waals surface area contributed by atoms with Crippen LogP contribution in [0.1, 0.15) is 18.4 Å². The Morgan fingerprint density at radius 3 is 2.46 bits per heavy atom. The number of benzene rings is 1. The van der Waals surface area contributed by atoms with Crippen LogP contribution in [0.4, 0.5) is 0 Å². The van der Waals surface area contributed by atoms with Gasteiger partial charge in [-0.25, -0.2) is 4.98 Å². The number of alkyl halides is 1. The molecule has 0 fully saturated rings. The maximum absolute atomic E-state index is 12.1. The van der Waals surface area contributed by atoms with Crippen LogP contribution in [-0.4, -0.2) is 57.9 Å². The van der Waals surface area contributed by atoms with Gasteiger partial charge in [0.05, 0.1) is 11.6 Å². The van der Waals surface area contributed by atoms with E-state index in [-0.39, 0.29) is 17.4 Å². The lowest BCUT2D eigenvalue weighted by molar-refractivity contribution is -0.145. The minimum atomic E-state index is -0.280. The van der Waals surface area contributed by atoms with Crippen LogP contribution in [0.2, 0.25) is 0 Å². The van der Waals surface area contributed by atoms with E-state index in [1.807, 2.05) is 90.1 Å². The van der Waals surface area contributed by atoms with E-state index in [9.17, 15) is 4.79 Å². The van der Waals surface area contributed by atoms with Crippen molar-refractivity contribution in [3.63, 3.8) is 0 Å². The molecule has 0 spiro atoms. The number of ether oxygens (including phenoxy) is 1. The largest absolute Gasteiger partial charge is 0.464 e. The quantitative estimate of drug-likeness (QED) is 0.297. The molecular weight excluding hydrogens is 469 g/mol. The minimum Gasteiger partial charge on any atom is -0.464 e. The molecule has 0 saturated heterocycles. The van der Waals surface area contributed by atoms with Gasteiger partial charge in [0.2, 0.25) is 0 Å². The van der Waals surface area contributed by atoms with Crippen molar-refractivity contribution in [1.82, 2.24) is 14.3 Å². The number of imidazole rings is 1. The van der Waals surface area contributed by atoms with E-state index >= 15 is 0 Å². The molecule has 0 amide bonds. The zero-order chi connectivity index (χ0) is 19.8. The van der Waals surface area contributed by atoms with Gasteiger partial charge in [-0.1, -0.05) is 52.9 Å². The first-order chi connectivity index (χ1) is 13.0. The van der Waals surface area contributed by atoms with E-state index < -0.39 is 0 Å². The minimum absolute atomic E-state index is 0. The van der Waals surface area contributed by atoms with Gasteiger partial charge < -0.3 is 19.5 Å². The molecule has 2 heterocycles. The number of hydrogen-bond acceptors (Lipinski definition) is 4. The lowest BCUT2D eigenvalue weighted by atomic mass is 9.99. The molecule has 3 aromatic rings. The first-order valence-corrected chi connectivity index (χ1v) is 10.9. The topological polar surface area (TPSA) is 78.3 Å². The second-order valence-electron chi connectivity index (χ2n) is 6.41. The average Bonchev–Trinajstić information content (AvgIpc) is 3.13. The van der Waals surface area contributed by atoms with Gasteiger partial charge in [-0.2, -0.15) is 0 Å². The number of halogens is 1. The number of carbonyl (C=O) groups excluding carboxylic acids is 1. The van der Waals surface area contributed by atoms with E-state index in [0.717, 1.165) is 29.0 Å². The van der Waals surface area contributed by atoms with Crippen LogP contribution in [0.15, 0.2) is 54.9 Å². The third kappa shape index (κ3) is 6.29. The molecule has 0 aliphatic carbocycles. The fraction of sp³-hybridized carbons (Fsp3) is 0.333. The Balaban J connectivity index is 0.00000127. The highest BCUT2D eigenvalue weighted by molar-refractivity contribution is 14.1. The molecule has 1 unspecified atom stereocenters. The average molecular weight is 497 g/mol. The number of esters is 1. The third-order valence-electron chi connectivity index (χ3n) is 4.21. The van der Waals surface area contributed by atoms with Crippen molar-refractivity contribution in [1.29, 1.82) is 0 Å². The zero-order valence-corrected chi connectivity index (χ0v) is 18.9. The van der Waals surface area contributed by atoms with Crippen molar-refractivity contribution in [2.75, 3.05) is 32.2 Å². The van der Waals surface area contributed by atoms with Gasteiger partial charge in [0.25, 0.3) is 0 Å². The summed E-state index contributed by atoms with van der Waals surface area (Å²) in [7, 11) is 3.91. The predicted molar refractivity (Wildman–Crippen MR) is 122 cm³/mol. The van der Waals surface area contributed by atoms with Crippen LogP contribution in [0, 0.1) is 0 Å². The van der Waals surface area contributed by atoms with E-state index in [1.54, 1.807) is 0 Å². The highest BCUT2D eigenvalue weighted by Crippen LogP contribution is 2.23. The summed E-state index contributed by atoms with van der Waals surface area (Å²) in [5.41, 5.74) is 3.81. The SMILES string of the molecule is CC(C(=O)OCCN(C)C)c1ccc(-c2cn3ccccc3n2)cc1.CI.O. The van der Waals surface area contributed by atoms with Crippen molar-refractivity contribution in [3.8, 4) is 11.3 Å². The third-order valence-corrected chi connectivity index (χ3v) is 4.21. The van der Waals surface area contributed by atoms with E-state index in [4.69, 9.17) is 4.74 Å². The second-order valence-corrected chi connectivity index (χ2v) is 6.41. The maximum Gasteiger partial charge on any atom is 0.313 e. The number of carbonyl (C=O) groups is 1. The van der Waals surface area contributed by atoms with E-state index in [2.05, 4.69) is 27.6 Å². The van der Waals surface area contributed by atoms with Crippen LogP contribution in [0.25, 0.3) is 16.9 Å². The molecule has 7 heteroatoms. The first-order valence-electron chi connectivity index (χ1n) is 8.78. The summed E-state index contributed by atoms with van der Waals surface area (Å²) < 4.78 is 7.32. The summed E-state index contributed by atoms with van der Waals surface area (Å²) in [6, 6.07) is 13.9. The number of rotatable bonds is 6. The Bertz CT molecular complexity index is 830. The fourth-order valence-corrected chi connectivity index (χ4v) is 2.61. The Morgan fingerprint density at radius 1 is 1.18 bits per heavy atom. The summed E-state index contributed by atoms with van der Waals surface area (Å²) in [4.78, 5) is 20.7. The summed E-state index contributed by atoms with van der Waals surface area (Å²) in [5.74, 6) is -0.473. The molecule has 6 nitrogen and oxygen atoms in total. The molecule has 0 aliphatic heterocycles. The number of pyridine rings is 1. The zero-order valence-electron chi connectivity index (χ0n) is 16.7. The highest BCUT2D eigenvalue weighted by atomic mass is 127. The van der Waals surface area contributed by atoms with E-state index in [0.29, 0.717) is 6.61 Å². The van der Waals surface area contributed by atoms with Gasteiger partial charge in [-0.15, -0.1) is 0 Å². The van der Waals surface area contributed by atoms with E-state index in [1.165, 1.54) is 0 Å². The summed E-state index contributed by atoms with van der Waals surface area (Å²) >= 11 is 2.15. The Labute approximate surface area is 180 Å². The number of fused-ring (bicyclic) bond motifs is 1. The van der Waals surface area contributed by atoms with Gasteiger partial charge in [0, 0.05) is 24.5 Å². The van der Waals surface area contributed by atoms with Crippen molar-refractivity contribution in [2.24, 2.45) is 0 Å². The molecule has 28 heavy (non-hydrogen) atoms. The standard InChI is InChI=1S/C20H23N3O2.CH3I.H2O/c1-15(20(24)25-13-12-22(2)3)16-7-9-17(10-8-16)18-14-23-11-5-4-6-19(23)21-18;1-2;/h4-11,14-15H,12-13H2,1-3H3;1H3;1H2. The summed E-state index contributed by atoms with van der Waals surface area (Å²) in [5, 5.41) is 0. The Kier molecular flexibility index (Phi) is 10.1. The second kappa shape index (κ2) is 11.8. The van der Waals surface area contributed by atoms with Crippen molar-refractivity contribution >= 4 is 34.2 Å². The molecule has 2 N–H and O–H groups in total. The molecule has 1 aromatic carbocycles. The van der Waals surface area contributed by atoms with Gasteiger partial charge >= 0.3 is 5.97 Å². The van der Waals surface area contributed by atoms with Crippen LogP contribution in [0.5, 0.6) is 0 Å². The highest BCUT2D eigenvalue weighted by Gasteiger charge is 2.17. The Morgan fingerprint density at radius 2 is 1.86 bits per heavy atom. The number of hydrogen-bond donors (Lipinski definition) is 0. The summed E-state index contributed by atoms with van der Waals surface area (Å²) in [6.45, 7) is 3.01. The number of aromatic nitrogens is 2.